The largest absolute Gasteiger partial charge is 0.384 e. The molecule has 0 bridgehead atoms. The molecule has 1 heterocycles. The van der Waals surface area contributed by atoms with Crippen LogP contribution in [0.5, 0.6) is 0 Å². The van der Waals surface area contributed by atoms with Crippen molar-refractivity contribution in [2.45, 2.75) is 40.0 Å². The molecule has 1 amide bonds. The van der Waals surface area contributed by atoms with Gasteiger partial charge in [-0.25, -0.2) is 4.98 Å². The molecular weight excluding hydrogens is 226 g/mol. The Morgan fingerprint density at radius 1 is 1.28 bits per heavy atom. The Kier molecular flexibility index (Phi) is 4.33. The van der Waals surface area contributed by atoms with Crippen molar-refractivity contribution in [3.8, 4) is 0 Å². The molecule has 0 spiro atoms. The second-order valence-corrected chi connectivity index (χ2v) is 5.39. The van der Waals surface area contributed by atoms with E-state index in [4.69, 9.17) is 5.73 Å². The summed E-state index contributed by atoms with van der Waals surface area (Å²) < 4.78 is 0. The number of nitrogens with zero attached hydrogens (tertiary/aromatic N) is 2. The van der Waals surface area contributed by atoms with Crippen LogP contribution in [0, 0.1) is 0 Å². The lowest BCUT2D eigenvalue weighted by Gasteiger charge is -2.22. The van der Waals surface area contributed by atoms with Gasteiger partial charge in [0.2, 0.25) is 0 Å². The zero-order valence-corrected chi connectivity index (χ0v) is 11.9. The second-order valence-electron chi connectivity index (χ2n) is 5.39. The van der Waals surface area contributed by atoms with Gasteiger partial charge in [0, 0.05) is 29.8 Å². The molecule has 0 aliphatic rings. The highest BCUT2D eigenvalue weighted by Crippen LogP contribution is 2.23. The number of hydrogen-bond acceptors (Lipinski definition) is 3. The number of carbonyl (C=O) groups is 1. The maximum atomic E-state index is 12.3. The Bertz CT molecular complexity index is 431. The highest BCUT2D eigenvalue weighted by molar-refractivity contribution is 5.95. The molecule has 2 N–H and O–H groups in total. The van der Waals surface area contributed by atoms with E-state index in [1.165, 1.54) is 0 Å². The van der Waals surface area contributed by atoms with Crippen molar-refractivity contribution < 1.29 is 4.79 Å². The van der Waals surface area contributed by atoms with Gasteiger partial charge in [0.25, 0.3) is 5.91 Å². The third-order valence-corrected chi connectivity index (χ3v) is 2.91. The summed E-state index contributed by atoms with van der Waals surface area (Å²) in [5, 5.41) is 0. The predicted molar refractivity (Wildman–Crippen MR) is 74.6 cm³/mol. The van der Waals surface area contributed by atoms with Crippen molar-refractivity contribution in [1.82, 2.24) is 9.88 Å². The molecule has 0 unspecified atom stereocenters. The molecule has 0 fully saturated rings. The van der Waals surface area contributed by atoms with Crippen LogP contribution in [-0.2, 0) is 5.41 Å². The molecule has 4 heteroatoms. The molecule has 0 aliphatic carbocycles. The second kappa shape index (κ2) is 5.38. The van der Waals surface area contributed by atoms with Gasteiger partial charge in [0.05, 0.1) is 0 Å². The normalized spacial score (nSPS) is 11.4. The summed E-state index contributed by atoms with van der Waals surface area (Å²) in [6.07, 6.45) is 0. The van der Waals surface area contributed by atoms with Crippen LogP contribution < -0.4 is 5.73 Å². The number of anilines is 1. The first-order chi connectivity index (χ1) is 8.29. The fourth-order valence-electron chi connectivity index (χ4n) is 1.75. The first kappa shape index (κ1) is 14.5. The summed E-state index contributed by atoms with van der Waals surface area (Å²) in [4.78, 5) is 18.4. The molecule has 0 saturated heterocycles. The van der Waals surface area contributed by atoms with E-state index < -0.39 is 0 Å². The van der Waals surface area contributed by atoms with Gasteiger partial charge < -0.3 is 10.6 Å². The molecule has 18 heavy (non-hydrogen) atoms. The highest BCUT2D eigenvalue weighted by Gasteiger charge is 2.20. The Morgan fingerprint density at radius 2 is 1.83 bits per heavy atom. The number of nitrogens with two attached hydrogens (primary N) is 1. The van der Waals surface area contributed by atoms with Crippen molar-refractivity contribution in [2.75, 3.05) is 18.8 Å². The van der Waals surface area contributed by atoms with Crippen molar-refractivity contribution in [3.05, 3.63) is 23.4 Å². The van der Waals surface area contributed by atoms with Crippen LogP contribution in [0.15, 0.2) is 12.1 Å². The molecule has 0 aliphatic heterocycles. The fraction of sp³-hybridized carbons (Fsp3) is 0.571. The minimum Gasteiger partial charge on any atom is -0.384 e. The quantitative estimate of drug-likeness (QED) is 0.895. The summed E-state index contributed by atoms with van der Waals surface area (Å²) in [6.45, 7) is 11.5. The van der Waals surface area contributed by atoms with E-state index in [1.54, 1.807) is 11.0 Å². The van der Waals surface area contributed by atoms with Crippen LogP contribution in [0.2, 0.25) is 0 Å². The van der Waals surface area contributed by atoms with Gasteiger partial charge in [-0.3, -0.25) is 4.79 Å². The Hall–Kier alpha value is -1.58. The zero-order chi connectivity index (χ0) is 13.9. The van der Waals surface area contributed by atoms with Gasteiger partial charge in [-0.05, 0) is 26.0 Å². The summed E-state index contributed by atoms with van der Waals surface area (Å²) in [7, 11) is 0. The van der Waals surface area contributed by atoms with Gasteiger partial charge in [0.1, 0.15) is 5.82 Å². The van der Waals surface area contributed by atoms with Crippen LogP contribution in [0.25, 0.3) is 0 Å². The first-order valence-electron chi connectivity index (χ1n) is 6.36. The number of amides is 1. The first-order valence-corrected chi connectivity index (χ1v) is 6.36. The van der Waals surface area contributed by atoms with Crippen LogP contribution in [-0.4, -0.2) is 28.9 Å². The third kappa shape index (κ3) is 3.22. The number of carbonyl (C=O) groups excluding carboxylic acids is 1. The Morgan fingerprint density at radius 3 is 2.28 bits per heavy atom. The van der Waals surface area contributed by atoms with E-state index in [2.05, 4.69) is 25.8 Å². The van der Waals surface area contributed by atoms with E-state index in [-0.39, 0.29) is 11.3 Å². The topological polar surface area (TPSA) is 59.2 Å². The van der Waals surface area contributed by atoms with Crippen molar-refractivity contribution >= 4 is 11.7 Å². The lowest BCUT2D eigenvalue weighted by Crippen LogP contribution is -2.31. The molecule has 0 atom stereocenters. The molecule has 0 radical (unpaired) electrons. The zero-order valence-electron chi connectivity index (χ0n) is 11.9. The SMILES string of the molecule is CCN(CC)C(=O)c1cc(N)nc(C(C)(C)C)c1. The van der Waals surface area contributed by atoms with Crippen molar-refractivity contribution in [1.29, 1.82) is 0 Å². The van der Waals surface area contributed by atoms with Gasteiger partial charge >= 0.3 is 0 Å². The van der Waals surface area contributed by atoms with Crippen LogP contribution >= 0.6 is 0 Å². The molecule has 1 rings (SSSR count). The summed E-state index contributed by atoms with van der Waals surface area (Å²) in [5.41, 5.74) is 7.14. The third-order valence-electron chi connectivity index (χ3n) is 2.91. The van der Waals surface area contributed by atoms with Gasteiger partial charge in [0.15, 0.2) is 0 Å². The molecule has 100 valence electrons. The van der Waals surface area contributed by atoms with Crippen molar-refractivity contribution in [2.24, 2.45) is 0 Å². The number of rotatable bonds is 3. The molecule has 4 nitrogen and oxygen atoms in total. The minimum absolute atomic E-state index is 0.0135. The molecule has 0 saturated carbocycles. The van der Waals surface area contributed by atoms with E-state index in [9.17, 15) is 4.79 Å². The van der Waals surface area contributed by atoms with Gasteiger partial charge in [-0.1, -0.05) is 20.8 Å². The average molecular weight is 249 g/mol. The molecule has 1 aromatic rings. The van der Waals surface area contributed by atoms with Crippen LogP contribution in [0.3, 0.4) is 0 Å². The summed E-state index contributed by atoms with van der Waals surface area (Å²) in [5.74, 6) is 0.414. The minimum atomic E-state index is -0.117. The van der Waals surface area contributed by atoms with Crippen LogP contribution in [0.4, 0.5) is 5.82 Å². The lowest BCUT2D eigenvalue weighted by atomic mass is 9.90. The summed E-state index contributed by atoms with van der Waals surface area (Å²) in [6, 6.07) is 3.49. The standard InChI is InChI=1S/C14H23N3O/c1-6-17(7-2)13(18)10-8-11(14(3,4)5)16-12(15)9-10/h8-9H,6-7H2,1-5H3,(H2,15,16). The van der Waals surface area contributed by atoms with E-state index >= 15 is 0 Å². The van der Waals surface area contributed by atoms with E-state index in [1.807, 2.05) is 19.9 Å². The number of pyridine rings is 1. The maximum absolute atomic E-state index is 12.3. The Labute approximate surface area is 109 Å². The van der Waals surface area contributed by atoms with E-state index in [0.29, 0.717) is 24.5 Å². The lowest BCUT2D eigenvalue weighted by molar-refractivity contribution is 0.0772. The molecular formula is C14H23N3O. The highest BCUT2D eigenvalue weighted by atomic mass is 16.2. The Balaban J connectivity index is 3.18. The number of nitrogen functional groups attached to an aromatic ring is 1. The number of hydrogen-bond donors (Lipinski definition) is 1. The van der Waals surface area contributed by atoms with E-state index in [0.717, 1.165) is 5.69 Å². The monoisotopic (exact) mass is 249 g/mol. The summed E-state index contributed by atoms with van der Waals surface area (Å²) >= 11 is 0. The smallest absolute Gasteiger partial charge is 0.254 e. The van der Waals surface area contributed by atoms with Gasteiger partial charge in [-0.2, -0.15) is 0 Å². The average Bonchev–Trinajstić information content (AvgIpc) is 2.28. The van der Waals surface area contributed by atoms with Crippen LogP contribution in [0.1, 0.15) is 50.7 Å². The molecule has 1 aromatic heterocycles. The molecule has 0 aromatic carbocycles. The maximum Gasteiger partial charge on any atom is 0.254 e. The fourth-order valence-corrected chi connectivity index (χ4v) is 1.75. The predicted octanol–water partition coefficient (Wildman–Crippen LogP) is 2.44. The van der Waals surface area contributed by atoms with Gasteiger partial charge in [-0.15, -0.1) is 0 Å². The number of aromatic nitrogens is 1. The van der Waals surface area contributed by atoms with Crippen molar-refractivity contribution in [3.63, 3.8) is 0 Å².